The molecule has 10 aromatic rings. The molecule has 10 rings (SSSR count). The van der Waals surface area contributed by atoms with Gasteiger partial charge >= 0.3 is 0 Å². The fourth-order valence-corrected chi connectivity index (χ4v) is 7.70. The third-order valence-corrected chi connectivity index (χ3v) is 10.1. The van der Waals surface area contributed by atoms with Crippen molar-refractivity contribution in [3.8, 4) is 33.9 Å². The molecule has 0 saturated carbocycles. The lowest BCUT2D eigenvalue weighted by Gasteiger charge is -2.14. The van der Waals surface area contributed by atoms with Crippen LogP contribution in [0.1, 0.15) is 24.1 Å². The molecule has 3 aromatic heterocycles. The van der Waals surface area contributed by atoms with Crippen LogP contribution in [0.4, 0.5) is 0 Å². The van der Waals surface area contributed by atoms with Gasteiger partial charge in [0.15, 0.2) is 17.5 Å². The number of aromatic nitrogens is 3. The van der Waals surface area contributed by atoms with Gasteiger partial charge in [0.1, 0.15) is 22.5 Å². The Labute approximate surface area is 299 Å². The minimum Gasteiger partial charge on any atom is -0.461 e. The third kappa shape index (κ3) is 4.74. The number of fused-ring (bicyclic) bond motifs is 7. The Morgan fingerprint density at radius 3 is 1.98 bits per heavy atom. The summed E-state index contributed by atoms with van der Waals surface area (Å²) < 4.78 is 12.5. The van der Waals surface area contributed by atoms with E-state index in [2.05, 4.69) is 103 Å². The van der Waals surface area contributed by atoms with Crippen LogP contribution < -0.4 is 0 Å². The van der Waals surface area contributed by atoms with Crippen molar-refractivity contribution in [2.24, 2.45) is 0 Å². The van der Waals surface area contributed by atoms with E-state index in [1.54, 1.807) is 0 Å². The average molecular weight is 670 g/mol. The van der Waals surface area contributed by atoms with E-state index >= 15 is 0 Å². The molecule has 0 saturated heterocycles. The second kappa shape index (κ2) is 11.9. The smallest absolute Gasteiger partial charge is 0.164 e. The van der Waals surface area contributed by atoms with Gasteiger partial charge in [-0.25, -0.2) is 15.0 Å². The van der Waals surface area contributed by atoms with Crippen molar-refractivity contribution < 1.29 is 8.83 Å². The number of benzene rings is 7. The summed E-state index contributed by atoms with van der Waals surface area (Å²) in [5.41, 5.74) is 8.29. The quantitative estimate of drug-likeness (QED) is 0.171. The maximum absolute atomic E-state index is 6.29. The molecule has 0 radical (unpaired) electrons. The first kappa shape index (κ1) is 30.0. The van der Waals surface area contributed by atoms with Gasteiger partial charge in [-0.2, -0.15) is 0 Å². The molecule has 0 N–H and O–H groups in total. The van der Waals surface area contributed by atoms with Gasteiger partial charge in [-0.3, -0.25) is 0 Å². The van der Waals surface area contributed by atoms with Gasteiger partial charge in [0.2, 0.25) is 0 Å². The number of nitrogens with zero attached hydrogens (tertiary/aromatic N) is 3. The topological polar surface area (TPSA) is 65.0 Å². The zero-order valence-electron chi connectivity index (χ0n) is 28.6. The zero-order valence-corrected chi connectivity index (χ0v) is 28.6. The lowest BCUT2D eigenvalue weighted by atomic mass is 9.95. The van der Waals surface area contributed by atoms with Crippen LogP contribution in [0.2, 0.25) is 0 Å². The molecule has 0 spiro atoms. The predicted octanol–water partition coefficient (Wildman–Crippen LogP) is 12.6. The number of furan rings is 2. The van der Waals surface area contributed by atoms with Crippen molar-refractivity contribution >= 4 is 60.0 Å². The standard InChI is InChI=1S/C47H31N3O2/c1-3-32(43-28(2)51-40-20-10-8-17-38(40)43)46-48-45(31-25-26-34-30(27-31)24-23-29-13-4-5-14-33(29)34)49-47(50-46)37-16-7-6-15-35(37)36-19-12-22-42-44(36)39-18-9-11-21-41(39)52-42/h3-27H,1-2H3/b32-3+. The molecular weight excluding hydrogens is 639 g/mol. The van der Waals surface area contributed by atoms with Crippen molar-refractivity contribution in [3.63, 3.8) is 0 Å². The second-order valence-electron chi connectivity index (χ2n) is 13.1. The van der Waals surface area contributed by atoms with Crippen LogP contribution in [0.15, 0.2) is 161 Å². The Hall–Kier alpha value is -6.85. The summed E-state index contributed by atoms with van der Waals surface area (Å²) in [5, 5.41) is 7.91. The van der Waals surface area contributed by atoms with Crippen LogP contribution in [-0.2, 0) is 0 Å². The molecule has 246 valence electrons. The van der Waals surface area contributed by atoms with E-state index < -0.39 is 0 Å². The van der Waals surface area contributed by atoms with E-state index in [1.807, 2.05) is 62.4 Å². The van der Waals surface area contributed by atoms with E-state index in [9.17, 15) is 0 Å². The van der Waals surface area contributed by atoms with Crippen LogP contribution in [0.3, 0.4) is 0 Å². The van der Waals surface area contributed by atoms with Crippen LogP contribution in [-0.4, -0.2) is 15.0 Å². The Morgan fingerprint density at radius 1 is 0.500 bits per heavy atom. The molecule has 0 aliphatic heterocycles. The molecule has 5 nitrogen and oxygen atoms in total. The summed E-state index contributed by atoms with van der Waals surface area (Å²) in [5.74, 6) is 2.58. The highest BCUT2D eigenvalue weighted by molar-refractivity contribution is 6.13. The van der Waals surface area contributed by atoms with Gasteiger partial charge in [0, 0.05) is 38.4 Å². The van der Waals surface area contributed by atoms with Gasteiger partial charge in [-0.1, -0.05) is 127 Å². The normalized spacial score (nSPS) is 12.2. The molecule has 0 aliphatic carbocycles. The monoisotopic (exact) mass is 669 g/mol. The van der Waals surface area contributed by atoms with Crippen molar-refractivity contribution in [3.05, 3.63) is 169 Å². The van der Waals surface area contributed by atoms with Crippen LogP contribution >= 0.6 is 0 Å². The maximum atomic E-state index is 6.29. The van der Waals surface area contributed by atoms with Gasteiger partial charge in [-0.05, 0) is 70.8 Å². The zero-order chi connectivity index (χ0) is 34.8. The first-order valence-electron chi connectivity index (χ1n) is 17.5. The molecule has 0 fully saturated rings. The minimum absolute atomic E-state index is 0.581. The SMILES string of the molecule is C/C=C(/c1nc(-c2ccc3c(ccc4ccccc43)c2)nc(-c2ccccc2-c2cccc3oc4ccccc4c23)n1)c1c(C)oc2ccccc12. The number of allylic oxidation sites excluding steroid dienone is 1. The van der Waals surface area contributed by atoms with E-state index in [-0.39, 0.29) is 0 Å². The van der Waals surface area contributed by atoms with E-state index in [0.717, 1.165) is 77.4 Å². The molecule has 0 aliphatic rings. The maximum Gasteiger partial charge on any atom is 0.164 e. The third-order valence-electron chi connectivity index (χ3n) is 10.1. The minimum atomic E-state index is 0.581. The van der Waals surface area contributed by atoms with E-state index in [1.165, 1.54) is 16.2 Å². The molecule has 0 unspecified atom stereocenters. The van der Waals surface area contributed by atoms with E-state index in [4.69, 9.17) is 23.8 Å². The first-order chi connectivity index (χ1) is 25.6. The molecule has 0 bridgehead atoms. The predicted molar refractivity (Wildman–Crippen MR) is 212 cm³/mol. The Kier molecular flexibility index (Phi) is 6.86. The summed E-state index contributed by atoms with van der Waals surface area (Å²) >= 11 is 0. The first-order valence-corrected chi connectivity index (χ1v) is 17.5. The van der Waals surface area contributed by atoms with Crippen molar-refractivity contribution in [2.75, 3.05) is 0 Å². The molecular formula is C47H31N3O2. The van der Waals surface area contributed by atoms with E-state index in [0.29, 0.717) is 17.5 Å². The second-order valence-corrected chi connectivity index (χ2v) is 13.1. The van der Waals surface area contributed by atoms with Crippen LogP contribution in [0, 0.1) is 6.92 Å². The number of aryl methyl sites for hydroxylation is 1. The number of rotatable bonds is 5. The van der Waals surface area contributed by atoms with Crippen molar-refractivity contribution in [2.45, 2.75) is 13.8 Å². The van der Waals surface area contributed by atoms with Gasteiger partial charge < -0.3 is 8.83 Å². The molecule has 3 heterocycles. The Bertz CT molecular complexity index is 3060. The van der Waals surface area contributed by atoms with Gasteiger partial charge in [0.05, 0.1) is 0 Å². The van der Waals surface area contributed by atoms with Crippen molar-refractivity contribution in [1.82, 2.24) is 15.0 Å². The number of para-hydroxylation sites is 2. The molecule has 52 heavy (non-hydrogen) atoms. The Morgan fingerprint density at radius 2 is 1.13 bits per heavy atom. The highest BCUT2D eigenvalue weighted by Crippen LogP contribution is 2.41. The highest BCUT2D eigenvalue weighted by atomic mass is 16.3. The molecule has 0 amide bonds. The molecule has 7 aromatic carbocycles. The van der Waals surface area contributed by atoms with Gasteiger partial charge in [0.25, 0.3) is 0 Å². The average Bonchev–Trinajstić information content (AvgIpc) is 3.75. The molecule has 0 atom stereocenters. The summed E-state index contributed by atoms with van der Waals surface area (Å²) in [6.07, 6.45) is 2.07. The molecule has 5 heteroatoms. The summed E-state index contributed by atoms with van der Waals surface area (Å²) in [6.45, 7) is 4.03. The lowest BCUT2D eigenvalue weighted by molar-refractivity contribution is 0.577. The summed E-state index contributed by atoms with van der Waals surface area (Å²) in [4.78, 5) is 15.7. The van der Waals surface area contributed by atoms with Crippen LogP contribution in [0.25, 0.3) is 93.9 Å². The fraction of sp³-hybridized carbons (Fsp3) is 0.0426. The van der Waals surface area contributed by atoms with Gasteiger partial charge in [-0.15, -0.1) is 0 Å². The Balaban J connectivity index is 1.22. The van der Waals surface area contributed by atoms with Crippen LogP contribution in [0.5, 0.6) is 0 Å². The number of hydrogen-bond acceptors (Lipinski definition) is 5. The lowest BCUT2D eigenvalue weighted by Crippen LogP contribution is -2.05. The largest absolute Gasteiger partial charge is 0.461 e. The summed E-state index contributed by atoms with van der Waals surface area (Å²) in [7, 11) is 0. The number of hydrogen-bond donors (Lipinski definition) is 0. The fourth-order valence-electron chi connectivity index (χ4n) is 7.70. The van der Waals surface area contributed by atoms with Crippen molar-refractivity contribution in [1.29, 1.82) is 0 Å². The summed E-state index contributed by atoms with van der Waals surface area (Å²) in [6, 6.07) is 50.2. The highest BCUT2D eigenvalue weighted by Gasteiger charge is 2.23.